The third kappa shape index (κ3) is 8.04. The predicted octanol–water partition coefficient (Wildman–Crippen LogP) is 2.66. The Morgan fingerprint density at radius 3 is 2.62 bits per heavy atom. The first-order valence-electron chi connectivity index (χ1n) is 8.86. The van der Waals surface area contributed by atoms with Crippen LogP contribution in [0.15, 0.2) is 18.6 Å². The number of hydrogen-bond acceptors (Lipinski definition) is 4. The number of carbonyl (C=O) groups excluding carboxylic acids is 2. The molecule has 1 heterocycles. The van der Waals surface area contributed by atoms with Crippen molar-refractivity contribution in [1.82, 2.24) is 20.2 Å². The first-order chi connectivity index (χ1) is 11.5. The van der Waals surface area contributed by atoms with Gasteiger partial charge in [-0.05, 0) is 12.3 Å². The van der Waals surface area contributed by atoms with Crippen LogP contribution >= 0.6 is 0 Å². The molecule has 24 heavy (non-hydrogen) atoms. The number of carbonyl (C=O) groups is 2. The number of nitrogens with one attached hydrogen (secondary N) is 1. The van der Waals surface area contributed by atoms with Gasteiger partial charge < -0.3 is 10.2 Å². The van der Waals surface area contributed by atoms with E-state index in [0.717, 1.165) is 12.8 Å². The monoisotopic (exact) mass is 334 g/mol. The van der Waals surface area contributed by atoms with Crippen LogP contribution in [0.2, 0.25) is 0 Å². The summed E-state index contributed by atoms with van der Waals surface area (Å²) in [5.74, 6) is 0.141. The van der Waals surface area contributed by atoms with Gasteiger partial charge in [0.1, 0.15) is 5.69 Å². The number of nitrogens with zero attached hydrogens (tertiary/aromatic N) is 3. The Kier molecular flexibility index (Phi) is 9.65. The van der Waals surface area contributed by atoms with E-state index in [0.29, 0.717) is 37.7 Å². The molecular formula is C18H30N4O2. The molecule has 0 aliphatic rings. The Hall–Kier alpha value is -1.98. The molecule has 6 heteroatoms. The van der Waals surface area contributed by atoms with Crippen molar-refractivity contribution in [3.05, 3.63) is 24.3 Å². The Morgan fingerprint density at radius 2 is 2.00 bits per heavy atom. The Morgan fingerprint density at radius 1 is 1.21 bits per heavy atom. The summed E-state index contributed by atoms with van der Waals surface area (Å²) in [6.45, 7) is 7.96. The molecular weight excluding hydrogens is 304 g/mol. The highest BCUT2D eigenvalue weighted by molar-refractivity contribution is 5.92. The van der Waals surface area contributed by atoms with Crippen LogP contribution in [0.4, 0.5) is 0 Å². The first kappa shape index (κ1) is 20.1. The molecule has 0 aliphatic heterocycles. The smallest absolute Gasteiger partial charge is 0.274 e. The minimum absolute atomic E-state index is 0.00722. The van der Waals surface area contributed by atoms with Gasteiger partial charge in [-0.25, -0.2) is 4.98 Å². The van der Waals surface area contributed by atoms with E-state index in [1.54, 1.807) is 4.90 Å². The zero-order valence-electron chi connectivity index (χ0n) is 15.1. The molecule has 0 bridgehead atoms. The van der Waals surface area contributed by atoms with Gasteiger partial charge in [-0.1, -0.05) is 40.0 Å². The van der Waals surface area contributed by atoms with Gasteiger partial charge >= 0.3 is 0 Å². The molecule has 0 atom stereocenters. The lowest BCUT2D eigenvalue weighted by atomic mass is 10.2. The van der Waals surface area contributed by atoms with Crippen LogP contribution in [-0.2, 0) is 4.79 Å². The maximum absolute atomic E-state index is 12.5. The van der Waals surface area contributed by atoms with Crippen molar-refractivity contribution in [2.45, 2.75) is 52.9 Å². The van der Waals surface area contributed by atoms with Gasteiger partial charge in [0, 0.05) is 38.4 Å². The van der Waals surface area contributed by atoms with E-state index in [1.807, 2.05) is 13.8 Å². The molecule has 0 saturated carbocycles. The van der Waals surface area contributed by atoms with Gasteiger partial charge in [0.15, 0.2) is 0 Å². The van der Waals surface area contributed by atoms with E-state index in [4.69, 9.17) is 0 Å². The zero-order valence-corrected chi connectivity index (χ0v) is 15.1. The van der Waals surface area contributed by atoms with Crippen molar-refractivity contribution in [2.75, 3.05) is 19.6 Å². The molecule has 0 saturated heterocycles. The summed E-state index contributed by atoms with van der Waals surface area (Å²) >= 11 is 0. The molecule has 1 rings (SSSR count). The molecule has 1 N–H and O–H groups in total. The van der Waals surface area contributed by atoms with Crippen molar-refractivity contribution < 1.29 is 9.59 Å². The van der Waals surface area contributed by atoms with Gasteiger partial charge in [0.25, 0.3) is 5.91 Å². The summed E-state index contributed by atoms with van der Waals surface area (Å²) in [5, 5.41) is 2.92. The highest BCUT2D eigenvalue weighted by atomic mass is 16.2. The van der Waals surface area contributed by atoms with Crippen molar-refractivity contribution in [2.24, 2.45) is 5.92 Å². The lowest BCUT2D eigenvalue weighted by Gasteiger charge is -2.24. The molecule has 0 fully saturated rings. The molecule has 0 radical (unpaired) electrons. The zero-order chi connectivity index (χ0) is 17.8. The molecule has 6 nitrogen and oxygen atoms in total. The summed E-state index contributed by atoms with van der Waals surface area (Å²) in [6.07, 6.45) is 9.35. The fourth-order valence-corrected chi connectivity index (χ4v) is 2.39. The fourth-order valence-electron chi connectivity index (χ4n) is 2.39. The lowest BCUT2D eigenvalue weighted by molar-refractivity contribution is -0.121. The number of aromatic nitrogens is 2. The van der Waals surface area contributed by atoms with E-state index >= 15 is 0 Å². The van der Waals surface area contributed by atoms with Crippen LogP contribution < -0.4 is 5.32 Å². The SMILES string of the molecule is CCCCCCNC(=O)CCN(CC(C)C)C(=O)c1cnccn1. The molecule has 0 unspecified atom stereocenters. The largest absolute Gasteiger partial charge is 0.356 e. The van der Waals surface area contributed by atoms with Gasteiger partial charge in [-0.15, -0.1) is 0 Å². The average Bonchev–Trinajstić information content (AvgIpc) is 2.58. The van der Waals surface area contributed by atoms with Crippen LogP contribution in [0, 0.1) is 5.92 Å². The number of rotatable bonds is 11. The van der Waals surface area contributed by atoms with E-state index in [9.17, 15) is 9.59 Å². The van der Waals surface area contributed by atoms with E-state index < -0.39 is 0 Å². The number of hydrogen-bond donors (Lipinski definition) is 1. The van der Waals surface area contributed by atoms with Gasteiger partial charge in [0.2, 0.25) is 5.91 Å². The second-order valence-corrected chi connectivity index (χ2v) is 6.40. The van der Waals surface area contributed by atoms with Crippen LogP contribution in [0.5, 0.6) is 0 Å². The molecule has 134 valence electrons. The minimum atomic E-state index is -0.174. The molecule has 1 aromatic rings. The molecule has 2 amide bonds. The summed E-state index contributed by atoms with van der Waals surface area (Å²) in [6, 6.07) is 0. The quantitative estimate of drug-likeness (QED) is 0.631. The molecule has 0 aromatic carbocycles. The molecule has 0 aliphatic carbocycles. The Bertz CT molecular complexity index is 491. The van der Waals surface area contributed by atoms with Crippen molar-refractivity contribution in [3.8, 4) is 0 Å². The maximum atomic E-state index is 12.5. The normalized spacial score (nSPS) is 10.7. The minimum Gasteiger partial charge on any atom is -0.356 e. The Labute approximate surface area is 145 Å². The third-order valence-corrected chi connectivity index (χ3v) is 3.62. The lowest BCUT2D eigenvalue weighted by Crippen LogP contribution is -2.38. The van der Waals surface area contributed by atoms with Crippen molar-refractivity contribution >= 4 is 11.8 Å². The van der Waals surface area contributed by atoms with Gasteiger partial charge in [-0.3, -0.25) is 14.6 Å². The van der Waals surface area contributed by atoms with Crippen molar-refractivity contribution in [1.29, 1.82) is 0 Å². The third-order valence-electron chi connectivity index (χ3n) is 3.62. The standard InChI is InChI=1S/C18H30N4O2/c1-4-5-6-7-9-21-17(23)8-12-22(14-15(2)3)18(24)16-13-19-10-11-20-16/h10-11,13,15H,4-9,12,14H2,1-3H3,(H,21,23). The summed E-state index contributed by atoms with van der Waals surface area (Å²) in [7, 11) is 0. The fraction of sp³-hybridized carbons (Fsp3) is 0.667. The average molecular weight is 334 g/mol. The Balaban J connectivity index is 2.45. The van der Waals surface area contributed by atoms with Crippen molar-refractivity contribution in [3.63, 3.8) is 0 Å². The van der Waals surface area contributed by atoms with Gasteiger partial charge in [0.05, 0.1) is 6.20 Å². The van der Waals surface area contributed by atoms with Crippen LogP contribution in [0.3, 0.4) is 0 Å². The van der Waals surface area contributed by atoms with Crippen LogP contribution in [-0.4, -0.2) is 46.3 Å². The van der Waals surface area contributed by atoms with E-state index in [2.05, 4.69) is 22.2 Å². The predicted molar refractivity (Wildman–Crippen MR) is 94.5 cm³/mol. The summed E-state index contributed by atoms with van der Waals surface area (Å²) in [5.41, 5.74) is 0.318. The maximum Gasteiger partial charge on any atom is 0.274 e. The number of amides is 2. The summed E-state index contributed by atoms with van der Waals surface area (Å²) in [4.78, 5) is 34.1. The molecule has 0 spiro atoms. The first-order valence-corrected chi connectivity index (χ1v) is 8.86. The van der Waals surface area contributed by atoms with Crippen LogP contribution in [0.25, 0.3) is 0 Å². The molecule has 1 aromatic heterocycles. The number of unbranched alkanes of at least 4 members (excludes halogenated alkanes) is 3. The van der Waals surface area contributed by atoms with E-state index in [-0.39, 0.29) is 11.8 Å². The van der Waals surface area contributed by atoms with Crippen LogP contribution in [0.1, 0.15) is 63.4 Å². The van der Waals surface area contributed by atoms with Gasteiger partial charge in [-0.2, -0.15) is 0 Å². The second-order valence-electron chi connectivity index (χ2n) is 6.40. The highest BCUT2D eigenvalue weighted by Gasteiger charge is 2.19. The van der Waals surface area contributed by atoms with E-state index in [1.165, 1.54) is 31.4 Å². The topological polar surface area (TPSA) is 75.2 Å². The summed E-state index contributed by atoms with van der Waals surface area (Å²) < 4.78 is 0. The highest BCUT2D eigenvalue weighted by Crippen LogP contribution is 2.06. The second kappa shape index (κ2) is 11.5.